The van der Waals surface area contributed by atoms with Crippen molar-refractivity contribution in [2.75, 3.05) is 32.1 Å². The van der Waals surface area contributed by atoms with Gasteiger partial charge in [0.15, 0.2) is 0 Å². The van der Waals surface area contributed by atoms with Crippen molar-refractivity contribution >= 4 is 23.2 Å². The van der Waals surface area contributed by atoms with Crippen LogP contribution >= 0.6 is 11.6 Å². The lowest BCUT2D eigenvalue weighted by molar-refractivity contribution is -0.134. The zero-order chi connectivity index (χ0) is 17.0. The van der Waals surface area contributed by atoms with Gasteiger partial charge in [-0.1, -0.05) is 25.4 Å². The van der Waals surface area contributed by atoms with Crippen molar-refractivity contribution < 1.29 is 9.53 Å². The van der Waals surface area contributed by atoms with Gasteiger partial charge in [-0.2, -0.15) is 0 Å². The topological polar surface area (TPSA) is 67.6 Å². The number of halogens is 1. The standard InChI is InChI=1S/C17H26ClN3O2/c1-17(2)11-21(9-7-15(17)19)16(22)6-8-20-13-10-12(18)4-5-14(13)23-3/h4-5,10,15,20H,6-9,11,19H2,1-3H3. The summed E-state index contributed by atoms with van der Waals surface area (Å²) in [6, 6.07) is 5.53. The van der Waals surface area contributed by atoms with E-state index in [1.807, 2.05) is 4.90 Å². The summed E-state index contributed by atoms with van der Waals surface area (Å²) < 4.78 is 5.28. The number of anilines is 1. The molecule has 1 heterocycles. The molecule has 0 aliphatic carbocycles. The third kappa shape index (κ3) is 4.52. The van der Waals surface area contributed by atoms with Crippen molar-refractivity contribution in [1.29, 1.82) is 0 Å². The second-order valence-electron chi connectivity index (χ2n) is 6.72. The minimum atomic E-state index is -0.0302. The number of benzene rings is 1. The van der Waals surface area contributed by atoms with E-state index in [9.17, 15) is 4.79 Å². The van der Waals surface area contributed by atoms with Crippen LogP contribution in [-0.2, 0) is 4.79 Å². The number of carbonyl (C=O) groups is 1. The summed E-state index contributed by atoms with van der Waals surface area (Å²) in [5, 5.41) is 3.85. The molecule has 1 amide bonds. The molecule has 1 atom stereocenters. The van der Waals surface area contributed by atoms with Crippen LogP contribution in [0.2, 0.25) is 5.02 Å². The molecule has 2 rings (SSSR count). The van der Waals surface area contributed by atoms with Gasteiger partial charge in [0, 0.05) is 37.1 Å². The number of nitrogens with one attached hydrogen (secondary N) is 1. The normalized spacial score (nSPS) is 20.2. The highest BCUT2D eigenvalue weighted by molar-refractivity contribution is 6.30. The second-order valence-corrected chi connectivity index (χ2v) is 7.16. The van der Waals surface area contributed by atoms with E-state index in [4.69, 9.17) is 22.1 Å². The number of likely N-dealkylation sites (tertiary alicyclic amines) is 1. The van der Waals surface area contributed by atoms with Gasteiger partial charge in [0.1, 0.15) is 5.75 Å². The monoisotopic (exact) mass is 339 g/mol. The number of piperidine rings is 1. The molecule has 1 fully saturated rings. The minimum Gasteiger partial charge on any atom is -0.495 e. The summed E-state index contributed by atoms with van der Waals surface area (Å²) in [6.07, 6.45) is 1.29. The zero-order valence-corrected chi connectivity index (χ0v) is 14.8. The van der Waals surface area contributed by atoms with Crippen molar-refractivity contribution in [2.24, 2.45) is 11.1 Å². The Morgan fingerprint density at radius 3 is 2.91 bits per heavy atom. The number of ether oxygens (including phenoxy) is 1. The summed E-state index contributed by atoms with van der Waals surface area (Å²) in [6.45, 7) is 6.23. The molecule has 5 nitrogen and oxygen atoms in total. The fourth-order valence-corrected chi connectivity index (χ4v) is 3.04. The number of rotatable bonds is 5. The molecule has 1 aliphatic rings. The molecule has 1 aromatic rings. The molecule has 0 radical (unpaired) electrons. The zero-order valence-electron chi connectivity index (χ0n) is 14.1. The number of nitrogens with two attached hydrogens (primary N) is 1. The van der Waals surface area contributed by atoms with Crippen LogP contribution in [0.1, 0.15) is 26.7 Å². The first-order valence-corrected chi connectivity index (χ1v) is 8.32. The molecule has 128 valence electrons. The maximum Gasteiger partial charge on any atom is 0.224 e. The van der Waals surface area contributed by atoms with Gasteiger partial charge < -0.3 is 20.7 Å². The number of amides is 1. The van der Waals surface area contributed by atoms with Gasteiger partial charge >= 0.3 is 0 Å². The van der Waals surface area contributed by atoms with Crippen LogP contribution in [0.25, 0.3) is 0 Å². The Morgan fingerprint density at radius 1 is 1.52 bits per heavy atom. The number of carbonyl (C=O) groups excluding carboxylic acids is 1. The Balaban J connectivity index is 1.87. The lowest BCUT2D eigenvalue weighted by Crippen LogP contribution is -2.54. The lowest BCUT2D eigenvalue weighted by Gasteiger charge is -2.42. The maximum atomic E-state index is 12.4. The molecule has 0 saturated carbocycles. The Labute approximate surface area is 143 Å². The van der Waals surface area contributed by atoms with Gasteiger partial charge in [-0.3, -0.25) is 4.79 Å². The van der Waals surface area contributed by atoms with Crippen molar-refractivity contribution in [1.82, 2.24) is 4.90 Å². The molecule has 23 heavy (non-hydrogen) atoms. The molecule has 0 bridgehead atoms. The van der Waals surface area contributed by atoms with E-state index < -0.39 is 0 Å². The Bertz CT molecular complexity index is 563. The number of methoxy groups -OCH3 is 1. The van der Waals surface area contributed by atoms with Gasteiger partial charge in [0.25, 0.3) is 0 Å². The third-order valence-corrected chi connectivity index (χ3v) is 4.72. The van der Waals surface area contributed by atoms with Crippen LogP contribution in [0.15, 0.2) is 18.2 Å². The second kappa shape index (κ2) is 7.41. The summed E-state index contributed by atoms with van der Waals surface area (Å²) in [7, 11) is 1.61. The molecular formula is C17H26ClN3O2. The summed E-state index contributed by atoms with van der Waals surface area (Å²) in [5.41, 5.74) is 6.89. The van der Waals surface area contributed by atoms with E-state index in [1.165, 1.54) is 0 Å². The largest absolute Gasteiger partial charge is 0.495 e. The molecule has 6 heteroatoms. The maximum absolute atomic E-state index is 12.4. The van der Waals surface area contributed by atoms with E-state index in [0.29, 0.717) is 30.3 Å². The number of hydrogen-bond donors (Lipinski definition) is 2. The third-order valence-electron chi connectivity index (χ3n) is 4.48. The van der Waals surface area contributed by atoms with E-state index in [1.54, 1.807) is 25.3 Å². The van der Waals surface area contributed by atoms with Gasteiger partial charge in [0.2, 0.25) is 5.91 Å². The van der Waals surface area contributed by atoms with Crippen LogP contribution in [0, 0.1) is 5.41 Å². The lowest BCUT2D eigenvalue weighted by atomic mass is 9.79. The van der Waals surface area contributed by atoms with Crippen LogP contribution in [0.3, 0.4) is 0 Å². The van der Waals surface area contributed by atoms with Crippen LogP contribution in [0.4, 0.5) is 5.69 Å². The Morgan fingerprint density at radius 2 is 2.26 bits per heavy atom. The predicted molar refractivity (Wildman–Crippen MR) is 94.1 cm³/mol. The quantitative estimate of drug-likeness (QED) is 0.865. The van der Waals surface area contributed by atoms with E-state index in [2.05, 4.69) is 19.2 Å². The molecule has 3 N–H and O–H groups in total. The van der Waals surface area contributed by atoms with Gasteiger partial charge in [-0.05, 0) is 30.0 Å². The molecule has 0 spiro atoms. The van der Waals surface area contributed by atoms with Crippen LogP contribution in [-0.4, -0.2) is 43.6 Å². The highest BCUT2D eigenvalue weighted by Gasteiger charge is 2.34. The van der Waals surface area contributed by atoms with Crippen molar-refractivity contribution in [2.45, 2.75) is 32.7 Å². The molecular weight excluding hydrogens is 314 g/mol. The molecule has 1 saturated heterocycles. The Hall–Kier alpha value is -1.46. The van der Waals surface area contributed by atoms with Crippen molar-refractivity contribution in [3.63, 3.8) is 0 Å². The van der Waals surface area contributed by atoms with Gasteiger partial charge in [0.05, 0.1) is 12.8 Å². The highest BCUT2D eigenvalue weighted by atomic mass is 35.5. The number of hydrogen-bond acceptors (Lipinski definition) is 4. The fourth-order valence-electron chi connectivity index (χ4n) is 2.87. The highest BCUT2D eigenvalue weighted by Crippen LogP contribution is 2.29. The summed E-state index contributed by atoms with van der Waals surface area (Å²) in [4.78, 5) is 14.3. The van der Waals surface area contributed by atoms with Crippen LogP contribution in [0.5, 0.6) is 5.75 Å². The number of nitrogens with zero attached hydrogens (tertiary/aromatic N) is 1. The van der Waals surface area contributed by atoms with Crippen molar-refractivity contribution in [3.05, 3.63) is 23.2 Å². The van der Waals surface area contributed by atoms with Gasteiger partial charge in [-0.25, -0.2) is 0 Å². The van der Waals surface area contributed by atoms with Crippen molar-refractivity contribution in [3.8, 4) is 5.75 Å². The van der Waals surface area contributed by atoms with Crippen LogP contribution < -0.4 is 15.8 Å². The molecule has 1 unspecified atom stereocenters. The summed E-state index contributed by atoms with van der Waals surface area (Å²) >= 11 is 6.00. The smallest absolute Gasteiger partial charge is 0.224 e. The fraction of sp³-hybridized carbons (Fsp3) is 0.588. The van der Waals surface area contributed by atoms with E-state index in [0.717, 1.165) is 18.7 Å². The Kier molecular flexibility index (Phi) is 5.76. The first-order valence-electron chi connectivity index (χ1n) is 7.94. The molecule has 1 aromatic carbocycles. The van der Waals surface area contributed by atoms with E-state index >= 15 is 0 Å². The minimum absolute atomic E-state index is 0.0302. The van der Waals surface area contributed by atoms with E-state index in [-0.39, 0.29) is 17.4 Å². The molecule has 1 aliphatic heterocycles. The average Bonchev–Trinajstić information content (AvgIpc) is 2.50. The predicted octanol–water partition coefficient (Wildman–Crippen LogP) is 2.74. The average molecular weight is 340 g/mol. The first kappa shape index (κ1) is 17.9. The molecule has 0 aromatic heterocycles. The van der Waals surface area contributed by atoms with Gasteiger partial charge in [-0.15, -0.1) is 0 Å². The first-order chi connectivity index (χ1) is 10.8. The SMILES string of the molecule is COc1ccc(Cl)cc1NCCC(=O)N1CCC(N)C(C)(C)C1. The summed E-state index contributed by atoms with van der Waals surface area (Å²) in [5.74, 6) is 0.866.